The summed E-state index contributed by atoms with van der Waals surface area (Å²) >= 11 is 0. The molecule has 0 aromatic carbocycles. The molecule has 2 N–H and O–H groups in total. The molecule has 1 aromatic rings. The van der Waals surface area contributed by atoms with E-state index in [0.717, 1.165) is 24.6 Å². The van der Waals surface area contributed by atoms with Crippen LogP contribution in [0.1, 0.15) is 19.3 Å². The van der Waals surface area contributed by atoms with Crippen LogP contribution < -0.4 is 10.6 Å². The van der Waals surface area contributed by atoms with E-state index in [2.05, 4.69) is 14.9 Å². The number of nitrogens with zero attached hydrogens (tertiary/aromatic N) is 4. The van der Waals surface area contributed by atoms with E-state index in [9.17, 15) is 0 Å². The van der Waals surface area contributed by atoms with Gasteiger partial charge in [0.25, 0.3) is 0 Å². The highest BCUT2D eigenvalue weighted by Gasteiger charge is 2.30. The molecule has 2 fully saturated rings. The smallest absolute Gasteiger partial charge is 0.173 e. The average Bonchev–Trinajstić information content (AvgIpc) is 2.80. The van der Waals surface area contributed by atoms with Gasteiger partial charge in [0.05, 0.1) is 5.69 Å². The summed E-state index contributed by atoms with van der Waals surface area (Å²) in [5.41, 5.74) is 6.83. The minimum absolute atomic E-state index is 0.707. The third kappa shape index (κ3) is 1.99. The summed E-state index contributed by atoms with van der Waals surface area (Å²) in [5.74, 6) is 0.973. The van der Waals surface area contributed by atoms with Crippen molar-refractivity contribution in [2.24, 2.45) is 7.05 Å². The number of aromatic nitrogens is 2. The Morgan fingerprint density at radius 2 is 2.12 bits per heavy atom. The molecule has 5 heteroatoms. The number of nitrogens with two attached hydrogens (primary N) is 1. The second-order valence-electron chi connectivity index (χ2n) is 5.21. The van der Waals surface area contributed by atoms with Crippen LogP contribution in [0.3, 0.4) is 0 Å². The zero-order valence-corrected chi connectivity index (χ0v) is 10.5. The molecule has 3 heterocycles. The van der Waals surface area contributed by atoms with Gasteiger partial charge in [-0.15, -0.1) is 0 Å². The third-order valence-corrected chi connectivity index (χ3v) is 3.94. The number of fused-ring (bicyclic) bond motifs is 1. The number of hydrogen-bond acceptors (Lipinski definition) is 4. The van der Waals surface area contributed by atoms with Gasteiger partial charge < -0.3 is 10.6 Å². The van der Waals surface area contributed by atoms with Gasteiger partial charge >= 0.3 is 0 Å². The summed E-state index contributed by atoms with van der Waals surface area (Å²) in [6, 6.07) is 0.707. The second kappa shape index (κ2) is 4.22. The van der Waals surface area contributed by atoms with Crippen molar-refractivity contribution in [2.75, 3.05) is 36.8 Å². The molecule has 94 valence electrons. The van der Waals surface area contributed by atoms with Crippen molar-refractivity contribution >= 4 is 11.5 Å². The van der Waals surface area contributed by atoms with Gasteiger partial charge in [-0.2, -0.15) is 5.10 Å². The first kappa shape index (κ1) is 10.9. The molecule has 17 heavy (non-hydrogen) atoms. The third-order valence-electron chi connectivity index (χ3n) is 3.94. The molecule has 0 aliphatic carbocycles. The zero-order chi connectivity index (χ0) is 11.8. The highest BCUT2D eigenvalue weighted by atomic mass is 15.4. The Bertz CT molecular complexity index is 400. The molecule has 2 saturated heterocycles. The quantitative estimate of drug-likeness (QED) is 0.777. The van der Waals surface area contributed by atoms with Crippen LogP contribution >= 0.6 is 0 Å². The Kier molecular flexibility index (Phi) is 2.70. The number of anilines is 2. The Balaban J connectivity index is 1.81. The zero-order valence-electron chi connectivity index (χ0n) is 10.5. The first-order valence-corrected chi connectivity index (χ1v) is 6.52. The fourth-order valence-electron chi connectivity index (χ4n) is 3.14. The van der Waals surface area contributed by atoms with Crippen molar-refractivity contribution in [1.29, 1.82) is 0 Å². The molecule has 1 atom stereocenters. The molecule has 0 saturated carbocycles. The molecule has 2 aliphatic heterocycles. The van der Waals surface area contributed by atoms with Gasteiger partial charge in [0, 0.05) is 38.9 Å². The van der Waals surface area contributed by atoms with Gasteiger partial charge in [-0.05, 0) is 25.8 Å². The lowest BCUT2D eigenvalue weighted by Gasteiger charge is -2.25. The van der Waals surface area contributed by atoms with Crippen molar-refractivity contribution in [1.82, 2.24) is 14.7 Å². The summed E-state index contributed by atoms with van der Waals surface area (Å²) in [7, 11) is 1.93. The summed E-state index contributed by atoms with van der Waals surface area (Å²) in [5, 5.41) is 4.49. The van der Waals surface area contributed by atoms with Crippen molar-refractivity contribution in [3.05, 3.63) is 6.20 Å². The molecule has 3 rings (SSSR count). The lowest BCUT2D eigenvalue weighted by Crippen LogP contribution is -2.37. The number of aryl methyl sites for hydroxylation is 1. The maximum Gasteiger partial charge on any atom is 0.173 e. The highest BCUT2D eigenvalue weighted by Crippen LogP contribution is 2.27. The van der Waals surface area contributed by atoms with E-state index < -0.39 is 0 Å². The molecule has 1 unspecified atom stereocenters. The molecule has 1 aromatic heterocycles. The monoisotopic (exact) mass is 235 g/mol. The number of rotatable bonds is 1. The van der Waals surface area contributed by atoms with Crippen LogP contribution in [-0.2, 0) is 7.05 Å². The van der Waals surface area contributed by atoms with Crippen LogP contribution in [-0.4, -0.2) is 46.9 Å². The van der Waals surface area contributed by atoms with Gasteiger partial charge in [-0.1, -0.05) is 0 Å². The van der Waals surface area contributed by atoms with E-state index in [1.807, 2.05) is 17.9 Å². The molecular formula is C12H21N5. The van der Waals surface area contributed by atoms with Crippen molar-refractivity contribution in [2.45, 2.75) is 25.3 Å². The Labute approximate surface area is 102 Å². The lowest BCUT2D eigenvalue weighted by molar-refractivity contribution is 0.273. The molecule has 0 amide bonds. The lowest BCUT2D eigenvalue weighted by atomic mass is 10.2. The van der Waals surface area contributed by atoms with E-state index in [0.29, 0.717) is 6.04 Å². The van der Waals surface area contributed by atoms with E-state index in [-0.39, 0.29) is 0 Å². The molecule has 0 bridgehead atoms. The van der Waals surface area contributed by atoms with Crippen LogP contribution in [0.2, 0.25) is 0 Å². The first-order chi connectivity index (χ1) is 8.24. The Hall–Kier alpha value is -1.23. The maximum absolute atomic E-state index is 6.02. The number of hydrogen-bond donors (Lipinski definition) is 1. The summed E-state index contributed by atoms with van der Waals surface area (Å²) in [6.45, 7) is 4.67. The maximum atomic E-state index is 6.02. The van der Waals surface area contributed by atoms with E-state index in [4.69, 9.17) is 5.73 Å². The van der Waals surface area contributed by atoms with Gasteiger partial charge in [0.1, 0.15) is 0 Å². The van der Waals surface area contributed by atoms with Crippen molar-refractivity contribution in [3.8, 4) is 0 Å². The van der Waals surface area contributed by atoms with E-state index >= 15 is 0 Å². The predicted octanol–water partition coefficient (Wildman–Crippen LogP) is 0.677. The highest BCUT2D eigenvalue weighted by molar-refractivity contribution is 5.61. The van der Waals surface area contributed by atoms with Gasteiger partial charge in [-0.25, -0.2) is 0 Å². The molecule has 5 nitrogen and oxygen atoms in total. The fraction of sp³-hybridized carbons (Fsp3) is 0.750. The largest absolute Gasteiger partial charge is 0.394 e. The average molecular weight is 235 g/mol. The minimum Gasteiger partial charge on any atom is -0.394 e. The van der Waals surface area contributed by atoms with E-state index in [1.54, 1.807) is 0 Å². The van der Waals surface area contributed by atoms with Gasteiger partial charge in [-0.3, -0.25) is 9.58 Å². The predicted molar refractivity (Wildman–Crippen MR) is 69.0 cm³/mol. The summed E-state index contributed by atoms with van der Waals surface area (Å²) in [4.78, 5) is 4.99. The van der Waals surface area contributed by atoms with Crippen LogP contribution in [0.15, 0.2) is 6.20 Å². The first-order valence-electron chi connectivity index (χ1n) is 6.52. The molecular weight excluding hydrogens is 214 g/mol. The summed E-state index contributed by atoms with van der Waals surface area (Å²) < 4.78 is 1.81. The Morgan fingerprint density at radius 3 is 2.88 bits per heavy atom. The van der Waals surface area contributed by atoms with Crippen LogP contribution in [0.4, 0.5) is 11.5 Å². The van der Waals surface area contributed by atoms with Crippen molar-refractivity contribution in [3.63, 3.8) is 0 Å². The number of nitrogen functional groups attached to an aromatic ring is 1. The fourth-order valence-corrected chi connectivity index (χ4v) is 3.14. The molecule has 0 spiro atoms. The van der Waals surface area contributed by atoms with Gasteiger partial charge in [0.15, 0.2) is 5.82 Å². The van der Waals surface area contributed by atoms with Crippen LogP contribution in [0.25, 0.3) is 0 Å². The Morgan fingerprint density at radius 1 is 1.29 bits per heavy atom. The second-order valence-corrected chi connectivity index (χ2v) is 5.21. The van der Waals surface area contributed by atoms with Crippen LogP contribution in [0, 0.1) is 0 Å². The summed E-state index contributed by atoms with van der Waals surface area (Å²) in [6.07, 6.45) is 5.78. The molecule has 0 radical (unpaired) electrons. The molecule has 2 aliphatic rings. The normalized spacial score (nSPS) is 25.9. The van der Waals surface area contributed by atoms with Crippen LogP contribution in [0.5, 0.6) is 0 Å². The van der Waals surface area contributed by atoms with Gasteiger partial charge in [0.2, 0.25) is 0 Å². The standard InChI is InChI=1S/C12H21N5/c1-15-9-11(13)12(14-15)17-7-3-6-16-5-2-4-10(16)8-17/h9-10H,2-8,13H2,1H3. The SMILES string of the molecule is Cn1cc(N)c(N2CCCN3CCCC3C2)n1. The minimum atomic E-state index is 0.707. The van der Waals surface area contributed by atoms with E-state index in [1.165, 1.54) is 32.4 Å². The topological polar surface area (TPSA) is 50.3 Å². The van der Waals surface area contributed by atoms with Crippen molar-refractivity contribution < 1.29 is 0 Å².